The molecule has 1 atom stereocenters. The number of nitrogens with two attached hydrogens (primary N) is 1. The van der Waals surface area contributed by atoms with E-state index in [0.29, 0.717) is 0 Å². The number of rotatable bonds is 2. The highest BCUT2D eigenvalue weighted by molar-refractivity contribution is 7.10. The number of hydrogen-bond acceptors (Lipinski definition) is 3. The van der Waals surface area contributed by atoms with E-state index in [9.17, 15) is 0 Å². The molecule has 0 aliphatic heterocycles. The fraction of sp³-hybridized carbons (Fsp3) is 0.250. The molecule has 0 fully saturated rings. The Morgan fingerprint density at radius 2 is 2.20 bits per heavy atom. The van der Waals surface area contributed by atoms with E-state index < -0.39 is 0 Å². The molecule has 0 saturated heterocycles. The standard InChI is InChI=1S/C12H14N2S/c1-8-4-3-5-10(6-8)11-7-15-12(14-11)9(2)13/h3-7,9H,13H2,1-2H3. The van der Waals surface area contributed by atoms with E-state index in [4.69, 9.17) is 5.73 Å². The van der Waals surface area contributed by atoms with Gasteiger partial charge in [0.1, 0.15) is 5.01 Å². The molecule has 1 unspecified atom stereocenters. The first-order chi connectivity index (χ1) is 7.16. The van der Waals surface area contributed by atoms with Gasteiger partial charge in [-0.2, -0.15) is 0 Å². The fourth-order valence-electron chi connectivity index (χ4n) is 1.43. The van der Waals surface area contributed by atoms with E-state index in [2.05, 4.69) is 41.6 Å². The summed E-state index contributed by atoms with van der Waals surface area (Å²) in [4.78, 5) is 4.51. The minimum Gasteiger partial charge on any atom is -0.322 e. The molecule has 0 spiro atoms. The van der Waals surface area contributed by atoms with Crippen LogP contribution in [0.4, 0.5) is 0 Å². The molecule has 1 aromatic carbocycles. The monoisotopic (exact) mass is 218 g/mol. The van der Waals surface area contributed by atoms with Crippen molar-refractivity contribution in [3.8, 4) is 11.3 Å². The summed E-state index contributed by atoms with van der Waals surface area (Å²) in [6.07, 6.45) is 0. The summed E-state index contributed by atoms with van der Waals surface area (Å²) in [5.74, 6) is 0. The van der Waals surface area contributed by atoms with Crippen molar-refractivity contribution in [2.45, 2.75) is 19.9 Å². The largest absolute Gasteiger partial charge is 0.322 e. The maximum Gasteiger partial charge on any atom is 0.110 e. The molecule has 0 bridgehead atoms. The van der Waals surface area contributed by atoms with Gasteiger partial charge in [-0.15, -0.1) is 11.3 Å². The van der Waals surface area contributed by atoms with Crippen LogP contribution in [0, 0.1) is 6.92 Å². The lowest BCUT2D eigenvalue weighted by molar-refractivity contribution is 0.808. The molecular formula is C12H14N2S. The highest BCUT2D eigenvalue weighted by Gasteiger charge is 2.07. The average Bonchev–Trinajstić information content (AvgIpc) is 2.66. The van der Waals surface area contributed by atoms with Crippen LogP contribution in [0.3, 0.4) is 0 Å². The third kappa shape index (κ3) is 2.25. The number of aromatic nitrogens is 1. The van der Waals surface area contributed by atoms with Crippen LogP contribution >= 0.6 is 11.3 Å². The molecule has 78 valence electrons. The Kier molecular flexibility index (Phi) is 2.84. The SMILES string of the molecule is Cc1cccc(-c2csc(C(C)N)n2)c1. The number of benzene rings is 1. The van der Waals surface area contributed by atoms with Crippen LogP contribution in [0.15, 0.2) is 29.6 Å². The van der Waals surface area contributed by atoms with Gasteiger partial charge in [-0.05, 0) is 19.9 Å². The van der Waals surface area contributed by atoms with Gasteiger partial charge in [0.25, 0.3) is 0 Å². The van der Waals surface area contributed by atoms with Gasteiger partial charge in [-0.1, -0.05) is 23.8 Å². The molecule has 0 aliphatic rings. The van der Waals surface area contributed by atoms with Crippen LogP contribution in [0.25, 0.3) is 11.3 Å². The second-order valence-corrected chi connectivity index (χ2v) is 4.62. The quantitative estimate of drug-likeness (QED) is 0.841. The van der Waals surface area contributed by atoms with Crippen LogP contribution in [0.5, 0.6) is 0 Å². The van der Waals surface area contributed by atoms with Crippen LogP contribution < -0.4 is 5.73 Å². The van der Waals surface area contributed by atoms with Crippen molar-refractivity contribution in [2.75, 3.05) is 0 Å². The predicted molar refractivity (Wildman–Crippen MR) is 64.9 cm³/mol. The fourth-order valence-corrected chi connectivity index (χ4v) is 2.22. The van der Waals surface area contributed by atoms with E-state index in [0.717, 1.165) is 16.3 Å². The van der Waals surface area contributed by atoms with Crippen LogP contribution in [-0.2, 0) is 0 Å². The zero-order chi connectivity index (χ0) is 10.8. The van der Waals surface area contributed by atoms with E-state index in [1.807, 2.05) is 6.92 Å². The van der Waals surface area contributed by atoms with Crippen molar-refractivity contribution < 1.29 is 0 Å². The zero-order valence-corrected chi connectivity index (χ0v) is 9.71. The van der Waals surface area contributed by atoms with Crippen LogP contribution in [-0.4, -0.2) is 4.98 Å². The Hall–Kier alpha value is -1.19. The molecule has 2 rings (SSSR count). The lowest BCUT2D eigenvalue weighted by atomic mass is 10.1. The normalized spacial score (nSPS) is 12.7. The van der Waals surface area contributed by atoms with Crippen molar-refractivity contribution in [2.24, 2.45) is 5.73 Å². The summed E-state index contributed by atoms with van der Waals surface area (Å²) in [6, 6.07) is 8.37. The van der Waals surface area contributed by atoms with Crippen molar-refractivity contribution in [3.05, 3.63) is 40.2 Å². The summed E-state index contributed by atoms with van der Waals surface area (Å²) in [6.45, 7) is 4.04. The maximum atomic E-state index is 5.78. The Morgan fingerprint density at radius 1 is 1.40 bits per heavy atom. The van der Waals surface area contributed by atoms with Gasteiger partial charge >= 0.3 is 0 Å². The summed E-state index contributed by atoms with van der Waals surface area (Å²) < 4.78 is 0. The topological polar surface area (TPSA) is 38.9 Å². The smallest absolute Gasteiger partial charge is 0.110 e. The van der Waals surface area contributed by atoms with Gasteiger partial charge < -0.3 is 5.73 Å². The van der Waals surface area contributed by atoms with Gasteiger partial charge in [0.05, 0.1) is 11.7 Å². The zero-order valence-electron chi connectivity index (χ0n) is 8.90. The van der Waals surface area contributed by atoms with Gasteiger partial charge in [-0.25, -0.2) is 4.98 Å². The van der Waals surface area contributed by atoms with Gasteiger partial charge in [0, 0.05) is 10.9 Å². The summed E-state index contributed by atoms with van der Waals surface area (Å²) in [5.41, 5.74) is 9.22. The molecule has 2 aromatic rings. The highest BCUT2D eigenvalue weighted by Crippen LogP contribution is 2.24. The summed E-state index contributed by atoms with van der Waals surface area (Å²) in [5, 5.41) is 3.06. The minimum atomic E-state index is 0.0218. The molecule has 0 aliphatic carbocycles. The molecule has 0 amide bonds. The number of aryl methyl sites for hydroxylation is 1. The number of thiazole rings is 1. The molecule has 0 saturated carbocycles. The van der Waals surface area contributed by atoms with Crippen LogP contribution in [0.2, 0.25) is 0 Å². The Labute approximate surface area is 93.8 Å². The molecule has 1 heterocycles. The van der Waals surface area contributed by atoms with E-state index in [1.54, 1.807) is 11.3 Å². The van der Waals surface area contributed by atoms with Crippen molar-refractivity contribution in [1.29, 1.82) is 0 Å². The van der Waals surface area contributed by atoms with E-state index in [-0.39, 0.29) is 6.04 Å². The second-order valence-electron chi connectivity index (χ2n) is 3.73. The van der Waals surface area contributed by atoms with Gasteiger partial charge in [0.15, 0.2) is 0 Å². The summed E-state index contributed by atoms with van der Waals surface area (Å²) >= 11 is 1.62. The molecule has 15 heavy (non-hydrogen) atoms. The first-order valence-corrected chi connectivity index (χ1v) is 5.83. The van der Waals surface area contributed by atoms with E-state index >= 15 is 0 Å². The lowest BCUT2D eigenvalue weighted by Gasteiger charge is -1.99. The second kappa shape index (κ2) is 4.13. The lowest BCUT2D eigenvalue weighted by Crippen LogP contribution is -2.03. The first-order valence-electron chi connectivity index (χ1n) is 4.95. The molecule has 0 radical (unpaired) electrons. The van der Waals surface area contributed by atoms with E-state index in [1.165, 1.54) is 5.56 Å². The molecule has 2 nitrogen and oxygen atoms in total. The number of nitrogens with zero attached hydrogens (tertiary/aromatic N) is 1. The summed E-state index contributed by atoms with van der Waals surface area (Å²) in [7, 11) is 0. The predicted octanol–water partition coefficient (Wildman–Crippen LogP) is 3.14. The highest BCUT2D eigenvalue weighted by atomic mass is 32.1. The third-order valence-corrected chi connectivity index (χ3v) is 3.27. The number of hydrogen-bond donors (Lipinski definition) is 1. The molecule has 1 aromatic heterocycles. The average molecular weight is 218 g/mol. The van der Waals surface area contributed by atoms with Crippen molar-refractivity contribution >= 4 is 11.3 Å². The van der Waals surface area contributed by atoms with Crippen molar-refractivity contribution in [1.82, 2.24) is 4.98 Å². The first kappa shape index (κ1) is 10.3. The van der Waals surface area contributed by atoms with Gasteiger partial charge in [0.2, 0.25) is 0 Å². The Morgan fingerprint density at radius 3 is 2.80 bits per heavy atom. The maximum absolute atomic E-state index is 5.78. The Balaban J connectivity index is 2.37. The minimum absolute atomic E-state index is 0.0218. The molecule has 3 heteroatoms. The van der Waals surface area contributed by atoms with Crippen molar-refractivity contribution in [3.63, 3.8) is 0 Å². The molecular weight excluding hydrogens is 204 g/mol. The van der Waals surface area contributed by atoms with Gasteiger partial charge in [-0.3, -0.25) is 0 Å². The third-order valence-electron chi connectivity index (χ3n) is 2.23. The molecule has 2 N–H and O–H groups in total. The van der Waals surface area contributed by atoms with Crippen LogP contribution in [0.1, 0.15) is 23.5 Å². The Bertz CT molecular complexity index is 460.